The summed E-state index contributed by atoms with van der Waals surface area (Å²) >= 11 is 0. The summed E-state index contributed by atoms with van der Waals surface area (Å²) in [4.78, 5) is 16.5. The molecule has 0 saturated heterocycles. The lowest BCUT2D eigenvalue weighted by Crippen LogP contribution is -2.23. The summed E-state index contributed by atoms with van der Waals surface area (Å²) in [6.45, 7) is 2.42. The Bertz CT molecular complexity index is 845. The van der Waals surface area contributed by atoms with Crippen LogP contribution in [0.5, 0.6) is 0 Å². The Morgan fingerprint density at radius 3 is 2.82 bits per heavy atom. The molecule has 1 aromatic heterocycles. The highest BCUT2D eigenvalue weighted by Gasteiger charge is 2.13. The van der Waals surface area contributed by atoms with Gasteiger partial charge in [0.25, 0.3) is 5.91 Å². The number of rotatable bonds is 3. The van der Waals surface area contributed by atoms with Gasteiger partial charge in [-0.2, -0.15) is 0 Å². The molecular formula is C18H15FN2O. The Balaban J connectivity index is 2.16. The van der Waals surface area contributed by atoms with Crippen LogP contribution in [0.4, 0.5) is 4.39 Å². The monoisotopic (exact) mass is 294 g/mol. The summed E-state index contributed by atoms with van der Waals surface area (Å²) in [6, 6.07) is 13.8. The third-order valence-electron chi connectivity index (χ3n) is 3.49. The van der Waals surface area contributed by atoms with Crippen molar-refractivity contribution in [2.75, 3.05) is 6.54 Å². The van der Waals surface area contributed by atoms with E-state index >= 15 is 0 Å². The largest absolute Gasteiger partial charge is 0.352 e. The molecular weight excluding hydrogens is 279 g/mol. The van der Waals surface area contributed by atoms with Gasteiger partial charge < -0.3 is 5.32 Å². The van der Waals surface area contributed by atoms with Gasteiger partial charge in [-0.15, -0.1) is 0 Å². The number of aromatic nitrogens is 1. The number of halogens is 1. The maximum absolute atomic E-state index is 13.9. The van der Waals surface area contributed by atoms with Gasteiger partial charge in [-0.25, -0.2) is 4.39 Å². The van der Waals surface area contributed by atoms with Gasteiger partial charge in [0.1, 0.15) is 5.82 Å². The molecule has 3 nitrogen and oxygen atoms in total. The van der Waals surface area contributed by atoms with Gasteiger partial charge in [0, 0.05) is 29.3 Å². The molecule has 0 fully saturated rings. The van der Waals surface area contributed by atoms with Crippen LogP contribution in [0, 0.1) is 5.82 Å². The second-order valence-electron chi connectivity index (χ2n) is 4.94. The Labute approximate surface area is 127 Å². The minimum atomic E-state index is -0.317. The quantitative estimate of drug-likeness (QED) is 0.798. The molecule has 22 heavy (non-hydrogen) atoms. The molecule has 0 aliphatic rings. The predicted octanol–water partition coefficient (Wildman–Crippen LogP) is 3.79. The molecule has 0 aliphatic heterocycles. The minimum Gasteiger partial charge on any atom is -0.352 e. The third kappa shape index (κ3) is 2.55. The lowest BCUT2D eigenvalue weighted by atomic mass is 9.99. The number of carbonyl (C=O) groups excluding carboxylic acids is 1. The second-order valence-corrected chi connectivity index (χ2v) is 4.94. The molecule has 1 amide bonds. The smallest absolute Gasteiger partial charge is 0.251 e. The van der Waals surface area contributed by atoms with E-state index in [0.717, 1.165) is 11.1 Å². The van der Waals surface area contributed by atoms with Crippen molar-refractivity contribution in [2.24, 2.45) is 0 Å². The highest BCUT2D eigenvalue weighted by atomic mass is 19.1. The maximum atomic E-state index is 13.9. The number of benzene rings is 2. The summed E-state index contributed by atoms with van der Waals surface area (Å²) in [5, 5.41) is 3.24. The zero-order chi connectivity index (χ0) is 15.5. The standard InChI is InChI=1S/C18H15FN2O/c1-2-20-18(22)14-7-4-3-6-13(14)12-10-15-16(19)8-5-9-17(15)21-11-12/h3-11H,2H2,1H3,(H,20,22). The number of nitrogens with one attached hydrogen (secondary N) is 1. The van der Waals surface area contributed by atoms with Crippen molar-refractivity contribution in [3.63, 3.8) is 0 Å². The fraction of sp³-hybridized carbons (Fsp3) is 0.111. The molecule has 1 heterocycles. The van der Waals surface area contributed by atoms with Gasteiger partial charge in [-0.3, -0.25) is 9.78 Å². The number of hydrogen-bond acceptors (Lipinski definition) is 2. The van der Waals surface area contributed by atoms with Crippen LogP contribution in [0.2, 0.25) is 0 Å². The molecule has 0 spiro atoms. The van der Waals surface area contributed by atoms with Crippen molar-refractivity contribution in [3.8, 4) is 11.1 Å². The van der Waals surface area contributed by atoms with Crippen LogP contribution in [0.3, 0.4) is 0 Å². The first-order valence-corrected chi connectivity index (χ1v) is 7.12. The zero-order valence-corrected chi connectivity index (χ0v) is 12.1. The number of pyridine rings is 1. The van der Waals surface area contributed by atoms with Crippen LogP contribution >= 0.6 is 0 Å². The van der Waals surface area contributed by atoms with E-state index in [4.69, 9.17) is 0 Å². The van der Waals surface area contributed by atoms with Crippen LogP contribution in [0.15, 0.2) is 54.7 Å². The van der Waals surface area contributed by atoms with Crippen molar-refractivity contribution in [2.45, 2.75) is 6.92 Å². The molecule has 0 bridgehead atoms. The number of nitrogens with zero attached hydrogens (tertiary/aromatic N) is 1. The number of carbonyl (C=O) groups is 1. The predicted molar refractivity (Wildman–Crippen MR) is 85.1 cm³/mol. The molecule has 0 atom stereocenters. The van der Waals surface area contributed by atoms with Gasteiger partial charge in [-0.05, 0) is 36.8 Å². The van der Waals surface area contributed by atoms with Crippen LogP contribution in [0.1, 0.15) is 17.3 Å². The number of amides is 1. The average Bonchev–Trinajstić information content (AvgIpc) is 2.55. The van der Waals surface area contributed by atoms with Gasteiger partial charge in [-0.1, -0.05) is 24.3 Å². The SMILES string of the molecule is CCNC(=O)c1ccccc1-c1cnc2cccc(F)c2c1. The van der Waals surface area contributed by atoms with Gasteiger partial charge in [0.15, 0.2) is 0 Å². The maximum Gasteiger partial charge on any atom is 0.251 e. The zero-order valence-electron chi connectivity index (χ0n) is 12.1. The molecule has 0 unspecified atom stereocenters. The molecule has 2 aromatic carbocycles. The van der Waals surface area contributed by atoms with Crippen LogP contribution in [-0.2, 0) is 0 Å². The second kappa shape index (κ2) is 5.93. The summed E-state index contributed by atoms with van der Waals surface area (Å²) < 4.78 is 13.9. The highest BCUT2D eigenvalue weighted by Crippen LogP contribution is 2.27. The molecule has 3 aromatic rings. The Kier molecular flexibility index (Phi) is 3.83. The summed E-state index contributed by atoms with van der Waals surface area (Å²) in [5.41, 5.74) is 2.62. The fourth-order valence-corrected chi connectivity index (χ4v) is 2.45. The van der Waals surface area contributed by atoms with E-state index in [2.05, 4.69) is 10.3 Å². The molecule has 0 radical (unpaired) electrons. The van der Waals surface area contributed by atoms with Crippen LogP contribution in [-0.4, -0.2) is 17.4 Å². The van der Waals surface area contributed by atoms with Crippen molar-refractivity contribution in [1.82, 2.24) is 10.3 Å². The fourth-order valence-electron chi connectivity index (χ4n) is 2.45. The van der Waals surface area contributed by atoms with Crippen molar-refractivity contribution >= 4 is 16.8 Å². The first-order chi connectivity index (χ1) is 10.7. The summed E-state index contributed by atoms with van der Waals surface area (Å²) in [5.74, 6) is -0.464. The number of hydrogen-bond donors (Lipinski definition) is 1. The first-order valence-electron chi connectivity index (χ1n) is 7.12. The lowest BCUT2D eigenvalue weighted by molar-refractivity contribution is 0.0956. The molecule has 0 saturated carbocycles. The summed E-state index contributed by atoms with van der Waals surface area (Å²) in [7, 11) is 0. The molecule has 4 heteroatoms. The highest BCUT2D eigenvalue weighted by molar-refractivity contribution is 6.01. The topological polar surface area (TPSA) is 42.0 Å². The minimum absolute atomic E-state index is 0.147. The average molecular weight is 294 g/mol. The van der Waals surface area contributed by atoms with E-state index < -0.39 is 0 Å². The molecule has 1 N–H and O–H groups in total. The Morgan fingerprint density at radius 1 is 1.18 bits per heavy atom. The van der Waals surface area contributed by atoms with E-state index in [9.17, 15) is 9.18 Å². The van der Waals surface area contributed by atoms with Crippen LogP contribution < -0.4 is 5.32 Å². The van der Waals surface area contributed by atoms with Gasteiger partial charge in [0.05, 0.1) is 5.52 Å². The third-order valence-corrected chi connectivity index (χ3v) is 3.49. The van der Waals surface area contributed by atoms with Crippen molar-refractivity contribution in [1.29, 1.82) is 0 Å². The Hall–Kier alpha value is -2.75. The normalized spacial score (nSPS) is 10.6. The number of fused-ring (bicyclic) bond motifs is 1. The molecule has 0 aliphatic carbocycles. The van der Waals surface area contributed by atoms with E-state index in [-0.39, 0.29) is 11.7 Å². The van der Waals surface area contributed by atoms with Crippen LogP contribution in [0.25, 0.3) is 22.0 Å². The van der Waals surface area contributed by atoms with E-state index in [0.29, 0.717) is 23.0 Å². The van der Waals surface area contributed by atoms with Gasteiger partial charge in [0.2, 0.25) is 0 Å². The Morgan fingerprint density at radius 2 is 2.00 bits per heavy atom. The molecule has 3 rings (SSSR count). The summed E-state index contributed by atoms with van der Waals surface area (Å²) in [6.07, 6.45) is 1.67. The van der Waals surface area contributed by atoms with E-state index in [1.165, 1.54) is 6.07 Å². The van der Waals surface area contributed by atoms with E-state index in [1.54, 1.807) is 30.5 Å². The van der Waals surface area contributed by atoms with Crippen molar-refractivity contribution < 1.29 is 9.18 Å². The van der Waals surface area contributed by atoms with Crippen molar-refractivity contribution in [3.05, 3.63) is 66.1 Å². The lowest BCUT2D eigenvalue weighted by Gasteiger charge is -2.10. The first kappa shape index (κ1) is 14.2. The van der Waals surface area contributed by atoms with E-state index in [1.807, 2.05) is 25.1 Å². The van der Waals surface area contributed by atoms with Gasteiger partial charge >= 0.3 is 0 Å². The molecule has 110 valence electrons.